The number of nitrogens with zero attached hydrogens (tertiary/aromatic N) is 5. The third kappa shape index (κ3) is 3.10. The molecule has 0 bridgehead atoms. The number of amides is 1. The van der Waals surface area contributed by atoms with Gasteiger partial charge in [-0.15, -0.1) is 11.8 Å². The highest BCUT2D eigenvalue weighted by Crippen LogP contribution is 2.55. The zero-order chi connectivity index (χ0) is 20.9. The van der Waals surface area contributed by atoms with Crippen LogP contribution < -0.4 is 4.90 Å². The standard InChI is InChI=1S/C21H19F2N5OS/c22-14-7-13(8-15(23)9-14)17-1-2-19-28(17)20(29)21(30-19)3-5-27(6-4-21)18-10-16(11-24)25-12-26-18/h7-10,12,17,19H,1-6H2/t17-,19?/m0/s1. The number of fused-ring (bicyclic) bond motifs is 1. The molecule has 2 aromatic rings. The number of hydrogen-bond acceptors (Lipinski definition) is 6. The van der Waals surface area contributed by atoms with Crippen molar-refractivity contribution >= 4 is 23.5 Å². The van der Waals surface area contributed by atoms with E-state index in [1.54, 1.807) is 17.8 Å². The number of benzene rings is 1. The van der Waals surface area contributed by atoms with Crippen LogP contribution >= 0.6 is 11.8 Å². The van der Waals surface area contributed by atoms with Crippen molar-refractivity contribution in [3.05, 3.63) is 53.5 Å². The van der Waals surface area contributed by atoms with E-state index in [-0.39, 0.29) is 17.3 Å². The van der Waals surface area contributed by atoms with E-state index >= 15 is 0 Å². The Morgan fingerprint density at radius 1 is 1.10 bits per heavy atom. The zero-order valence-corrected chi connectivity index (χ0v) is 16.9. The van der Waals surface area contributed by atoms with Gasteiger partial charge in [-0.3, -0.25) is 4.79 Å². The van der Waals surface area contributed by atoms with Gasteiger partial charge in [0.15, 0.2) is 0 Å². The minimum absolute atomic E-state index is 0.0459. The summed E-state index contributed by atoms with van der Waals surface area (Å²) in [5.41, 5.74) is 0.848. The van der Waals surface area contributed by atoms with Crippen molar-refractivity contribution in [1.29, 1.82) is 5.26 Å². The molecule has 1 aromatic carbocycles. The second kappa shape index (κ2) is 7.20. The van der Waals surface area contributed by atoms with E-state index in [4.69, 9.17) is 5.26 Å². The first-order valence-corrected chi connectivity index (χ1v) is 10.8. The summed E-state index contributed by atoms with van der Waals surface area (Å²) < 4.78 is 27.0. The Morgan fingerprint density at radius 3 is 2.53 bits per heavy atom. The monoisotopic (exact) mass is 427 g/mol. The number of hydrogen-bond donors (Lipinski definition) is 0. The number of piperidine rings is 1. The lowest BCUT2D eigenvalue weighted by molar-refractivity contribution is -0.134. The minimum atomic E-state index is -0.614. The van der Waals surface area contributed by atoms with Crippen LogP contribution in [0.15, 0.2) is 30.6 Å². The van der Waals surface area contributed by atoms with Crippen LogP contribution in [0.25, 0.3) is 0 Å². The first-order valence-electron chi connectivity index (χ1n) is 9.93. The van der Waals surface area contributed by atoms with E-state index in [1.165, 1.54) is 18.5 Å². The summed E-state index contributed by atoms with van der Waals surface area (Å²) in [6.45, 7) is 1.31. The number of carbonyl (C=O) groups excluding carboxylic acids is 1. The van der Waals surface area contributed by atoms with Gasteiger partial charge in [-0.1, -0.05) is 0 Å². The van der Waals surface area contributed by atoms with Gasteiger partial charge >= 0.3 is 0 Å². The fourth-order valence-corrected chi connectivity index (χ4v) is 6.57. The molecule has 4 heterocycles. The van der Waals surface area contributed by atoms with Gasteiger partial charge in [-0.05, 0) is 43.4 Å². The van der Waals surface area contributed by atoms with Crippen molar-refractivity contribution in [2.45, 2.75) is 41.8 Å². The highest BCUT2D eigenvalue weighted by molar-refractivity contribution is 8.02. The fraction of sp³-hybridized carbons (Fsp3) is 0.429. The number of nitriles is 1. The SMILES string of the molecule is N#Cc1cc(N2CCC3(CC2)SC2CC[C@@H](c4cc(F)cc(F)c4)N2C3=O)ncn1. The second-order valence-electron chi connectivity index (χ2n) is 7.94. The van der Waals surface area contributed by atoms with Gasteiger partial charge in [0.25, 0.3) is 0 Å². The number of carbonyl (C=O) groups is 1. The van der Waals surface area contributed by atoms with Gasteiger partial charge in [-0.25, -0.2) is 18.7 Å². The summed E-state index contributed by atoms with van der Waals surface area (Å²) in [4.78, 5) is 25.6. The van der Waals surface area contributed by atoms with Crippen LogP contribution in [0, 0.1) is 23.0 Å². The fourth-order valence-electron chi connectivity index (χ4n) is 4.82. The third-order valence-corrected chi connectivity index (χ3v) is 8.02. The minimum Gasteiger partial charge on any atom is -0.356 e. The highest BCUT2D eigenvalue weighted by Gasteiger charge is 2.57. The molecule has 9 heteroatoms. The molecule has 0 saturated carbocycles. The first kappa shape index (κ1) is 19.2. The smallest absolute Gasteiger partial charge is 0.240 e. The molecule has 154 valence electrons. The molecule has 0 radical (unpaired) electrons. The summed E-state index contributed by atoms with van der Waals surface area (Å²) in [6, 6.07) is 6.94. The molecule has 0 aliphatic carbocycles. The maximum atomic E-state index is 13.7. The maximum absolute atomic E-state index is 13.7. The summed E-state index contributed by atoms with van der Waals surface area (Å²) in [6.07, 6.45) is 4.25. The number of thioether (sulfide) groups is 1. The second-order valence-corrected chi connectivity index (χ2v) is 9.50. The lowest BCUT2D eigenvalue weighted by atomic mass is 9.93. The number of anilines is 1. The Bertz CT molecular complexity index is 1030. The molecule has 1 amide bonds. The van der Waals surface area contributed by atoms with E-state index in [1.807, 2.05) is 11.0 Å². The van der Waals surface area contributed by atoms with E-state index in [0.717, 1.165) is 12.5 Å². The van der Waals surface area contributed by atoms with Crippen LogP contribution in [-0.2, 0) is 4.79 Å². The maximum Gasteiger partial charge on any atom is 0.240 e. The molecule has 1 unspecified atom stereocenters. The molecule has 1 spiro atoms. The van der Waals surface area contributed by atoms with Crippen LogP contribution in [0.3, 0.4) is 0 Å². The van der Waals surface area contributed by atoms with Crippen molar-refractivity contribution < 1.29 is 13.6 Å². The van der Waals surface area contributed by atoms with Crippen LogP contribution in [-0.4, -0.2) is 44.0 Å². The van der Waals surface area contributed by atoms with E-state index in [9.17, 15) is 13.6 Å². The zero-order valence-electron chi connectivity index (χ0n) is 16.1. The number of rotatable bonds is 2. The van der Waals surface area contributed by atoms with E-state index < -0.39 is 16.4 Å². The van der Waals surface area contributed by atoms with Gasteiger partial charge in [0, 0.05) is 25.2 Å². The molecule has 6 nitrogen and oxygen atoms in total. The average Bonchev–Trinajstić information content (AvgIpc) is 3.26. The number of aromatic nitrogens is 2. The van der Waals surface area contributed by atoms with Gasteiger partial charge in [0.2, 0.25) is 5.91 Å². The van der Waals surface area contributed by atoms with Crippen LogP contribution in [0.2, 0.25) is 0 Å². The van der Waals surface area contributed by atoms with Crippen molar-refractivity contribution in [2.24, 2.45) is 0 Å². The predicted molar refractivity (Wildman–Crippen MR) is 107 cm³/mol. The van der Waals surface area contributed by atoms with E-state index in [0.29, 0.717) is 49.4 Å². The summed E-state index contributed by atoms with van der Waals surface area (Å²) in [5, 5.41) is 9.09. The van der Waals surface area contributed by atoms with Gasteiger partial charge in [0.1, 0.15) is 40.3 Å². The Balaban J connectivity index is 1.34. The Morgan fingerprint density at radius 2 is 1.83 bits per heavy atom. The lowest BCUT2D eigenvalue weighted by Gasteiger charge is -2.38. The molecule has 5 rings (SSSR count). The van der Waals surface area contributed by atoms with Crippen molar-refractivity contribution in [3.63, 3.8) is 0 Å². The third-order valence-electron chi connectivity index (χ3n) is 6.25. The Hall–Kier alpha value is -2.73. The highest BCUT2D eigenvalue weighted by atomic mass is 32.2. The van der Waals surface area contributed by atoms with Crippen molar-refractivity contribution in [2.75, 3.05) is 18.0 Å². The van der Waals surface area contributed by atoms with Crippen molar-refractivity contribution in [3.8, 4) is 6.07 Å². The molecular weight excluding hydrogens is 408 g/mol. The first-order chi connectivity index (χ1) is 14.5. The van der Waals surface area contributed by atoms with Crippen LogP contribution in [0.5, 0.6) is 0 Å². The van der Waals surface area contributed by atoms with Gasteiger partial charge in [-0.2, -0.15) is 5.26 Å². The Kier molecular flexibility index (Phi) is 4.62. The molecule has 30 heavy (non-hydrogen) atoms. The van der Waals surface area contributed by atoms with Crippen LogP contribution in [0.4, 0.5) is 14.6 Å². The summed E-state index contributed by atoms with van der Waals surface area (Å²) in [5.74, 6) is -0.458. The molecule has 0 N–H and O–H groups in total. The molecule has 1 aromatic heterocycles. The van der Waals surface area contributed by atoms with Gasteiger partial charge in [0.05, 0.1) is 11.4 Å². The molecular formula is C21H19F2N5OS. The molecule has 2 atom stereocenters. The lowest BCUT2D eigenvalue weighted by Crippen LogP contribution is -2.48. The average molecular weight is 427 g/mol. The topological polar surface area (TPSA) is 73.1 Å². The normalized spacial score (nSPS) is 24.9. The number of halogens is 2. The molecule has 3 saturated heterocycles. The predicted octanol–water partition coefficient (Wildman–Crippen LogP) is 3.40. The van der Waals surface area contributed by atoms with E-state index in [2.05, 4.69) is 14.9 Å². The van der Waals surface area contributed by atoms with Gasteiger partial charge < -0.3 is 9.80 Å². The molecule has 3 aliphatic rings. The quantitative estimate of drug-likeness (QED) is 0.732. The molecule has 3 fully saturated rings. The van der Waals surface area contributed by atoms with Crippen LogP contribution in [0.1, 0.15) is 43.0 Å². The summed E-state index contributed by atoms with van der Waals surface area (Å²) >= 11 is 1.70. The van der Waals surface area contributed by atoms with Crippen molar-refractivity contribution in [1.82, 2.24) is 14.9 Å². The summed E-state index contributed by atoms with van der Waals surface area (Å²) in [7, 11) is 0. The Labute approximate surface area is 176 Å². The molecule has 3 aliphatic heterocycles. The largest absolute Gasteiger partial charge is 0.356 e.